The summed E-state index contributed by atoms with van der Waals surface area (Å²) in [5.41, 5.74) is 3.69. The lowest BCUT2D eigenvalue weighted by atomic mass is 9.81. The third-order valence-electron chi connectivity index (χ3n) is 5.13. The van der Waals surface area contributed by atoms with Crippen LogP contribution >= 0.6 is 0 Å². The largest absolute Gasteiger partial charge is 0.507 e. The van der Waals surface area contributed by atoms with E-state index in [0.717, 1.165) is 11.1 Å². The van der Waals surface area contributed by atoms with Gasteiger partial charge in [-0.15, -0.1) is 0 Å². The first-order valence-corrected chi connectivity index (χ1v) is 9.37. The number of aliphatic hydroxyl groups is 2. The van der Waals surface area contributed by atoms with E-state index in [1.54, 1.807) is 36.4 Å². The van der Waals surface area contributed by atoms with Gasteiger partial charge in [-0.3, -0.25) is 10.1 Å². The van der Waals surface area contributed by atoms with Crippen LogP contribution in [0.25, 0.3) is 0 Å². The summed E-state index contributed by atoms with van der Waals surface area (Å²) < 4.78 is 0. The van der Waals surface area contributed by atoms with Gasteiger partial charge in [0.05, 0.1) is 18.1 Å². The maximum absolute atomic E-state index is 11.1. The van der Waals surface area contributed by atoms with E-state index in [9.17, 15) is 30.5 Å². The minimum atomic E-state index is -0.679. The number of hydrogen-bond acceptors (Lipinski definition) is 6. The lowest BCUT2D eigenvalue weighted by Gasteiger charge is -2.24. The molecule has 0 bridgehead atoms. The van der Waals surface area contributed by atoms with Crippen LogP contribution < -0.4 is 0 Å². The van der Waals surface area contributed by atoms with E-state index in [1.807, 2.05) is 13.8 Å². The van der Waals surface area contributed by atoms with Crippen molar-refractivity contribution < 1.29 is 25.3 Å². The van der Waals surface area contributed by atoms with E-state index >= 15 is 0 Å². The number of aryl methyl sites for hydroxylation is 2. The standard InChI is InChI=1S/C23H23NO6/c1-13-7-16(11-25)22(27)19(9-13)21(15-3-5-18(6-4-15)24(29)30)20-10-14(2)8-17(12-26)23(20)28/h3-10,21,25-28H,11-12H2,1-2H3. The molecular weight excluding hydrogens is 386 g/mol. The number of aliphatic hydroxyl groups excluding tert-OH is 2. The van der Waals surface area contributed by atoms with E-state index < -0.39 is 10.8 Å². The van der Waals surface area contributed by atoms with Gasteiger partial charge in [0.1, 0.15) is 11.5 Å². The summed E-state index contributed by atoms with van der Waals surface area (Å²) in [5, 5.41) is 52.0. The van der Waals surface area contributed by atoms with Crippen molar-refractivity contribution in [2.24, 2.45) is 0 Å². The Morgan fingerprint density at radius 2 is 1.27 bits per heavy atom. The van der Waals surface area contributed by atoms with Crippen LogP contribution in [0.2, 0.25) is 0 Å². The van der Waals surface area contributed by atoms with Crippen LogP contribution in [-0.2, 0) is 13.2 Å². The van der Waals surface area contributed by atoms with Crippen LogP contribution in [0.1, 0.15) is 44.9 Å². The molecule has 3 aromatic rings. The Balaban J connectivity index is 2.33. The smallest absolute Gasteiger partial charge is 0.269 e. The Morgan fingerprint density at radius 1 is 0.833 bits per heavy atom. The first-order chi connectivity index (χ1) is 14.3. The van der Waals surface area contributed by atoms with Crippen molar-refractivity contribution >= 4 is 5.69 Å². The second-order valence-electron chi connectivity index (χ2n) is 7.32. The zero-order chi connectivity index (χ0) is 22.0. The fourth-order valence-electron chi connectivity index (χ4n) is 3.76. The minimum absolute atomic E-state index is 0.0773. The first-order valence-electron chi connectivity index (χ1n) is 9.37. The van der Waals surface area contributed by atoms with Crippen LogP contribution in [-0.4, -0.2) is 25.3 Å². The number of rotatable bonds is 6. The number of hydrogen-bond donors (Lipinski definition) is 4. The van der Waals surface area contributed by atoms with Crippen LogP contribution in [0.15, 0.2) is 48.5 Å². The molecule has 3 rings (SSSR count). The maximum atomic E-state index is 11.1. The molecule has 0 aromatic heterocycles. The van der Waals surface area contributed by atoms with Gasteiger partial charge >= 0.3 is 0 Å². The molecule has 0 aliphatic rings. The van der Waals surface area contributed by atoms with Gasteiger partial charge in [-0.2, -0.15) is 0 Å². The van der Waals surface area contributed by atoms with Gasteiger partial charge in [0.25, 0.3) is 5.69 Å². The van der Waals surface area contributed by atoms with E-state index in [-0.39, 0.29) is 30.4 Å². The lowest BCUT2D eigenvalue weighted by Crippen LogP contribution is -2.08. The highest BCUT2D eigenvalue weighted by atomic mass is 16.6. The predicted octanol–water partition coefficient (Wildman–Crippen LogP) is 3.79. The molecule has 30 heavy (non-hydrogen) atoms. The van der Waals surface area contributed by atoms with Crippen LogP contribution in [0.4, 0.5) is 5.69 Å². The molecule has 0 amide bonds. The van der Waals surface area contributed by atoms with Crippen molar-refractivity contribution in [3.8, 4) is 11.5 Å². The maximum Gasteiger partial charge on any atom is 0.269 e. The van der Waals surface area contributed by atoms with Crippen LogP contribution in [0.5, 0.6) is 11.5 Å². The molecule has 7 nitrogen and oxygen atoms in total. The molecule has 7 heteroatoms. The highest BCUT2D eigenvalue weighted by Crippen LogP contribution is 2.43. The number of non-ortho nitro benzene ring substituents is 1. The Morgan fingerprint density at radius 3 is 1.63 bits per heavy atom. The van der Waals surface area contributed by atoms with Gasteiger partial charge in [0, 0.05) is 40.3 Å². The molecule has 0 saturated carbocycles. The second-order valence-corrected chi connectivity index (χ2v) is 7.32. The summed E-state index contributed by atoms with van der Waals surface area (Å²) in [5.74, 6) is -0.906. The third-order valence-corrected chi connectivity index (χ3v) is 5.13. The zero-order valence-corrected chi connectivity index (χ0v) is 16.7. The fraction of sp³-hybridized carbons (Fsp3) is 0.217. The summed E-state index contributed by atoms with van der Waals surface area (Å²) in [4.78, 5) is 10.6. The van der Waals surface area contributed by atoms with Crippen molar-refractivity contribution in [1.29, 1.82) is 0 Å². The van der Waals surface area contributed by atoms with Crippen molar-refractivity contribution in [1.82, 2.24) is 0 Å². The summed E-state index contributed by atoms with van der Waals surface area (Å²) in [7, 11) is 0. The molecule has 0 saturated heterocycles. The molecule has 4 N–H and O–H groups in total. The highest BCUT2D eigenvalue weighted by molar-refractivity contribution is 5.58. The number of nitrogens with zero attached hydrogens (tertiary/aromatic N) is 1. The minimum Gasteiger partial charge on any atom is -0.507 e. The Bertz CT molecular complexity index is 1030. The van der Waals surface area contributed by atoms with E-state index in [2.05, 4.69) is 0 Å². The quantitative estimate of drug-likeness (QED) is 0.279. The van der Waals surface area contributed by atoms with Gasteiger partial charge in [-0.1, -0.05) is 47.5 Å². The fourth-order valence-corrected chi connectivity index (χ4v) is 3.76. The summed E-state index contributed by atoms with van der Waals surface area (Å²) >= 11 is 0. The first kappa shape index (κ1) is 21.3. The third kappa shape index (κ3) is 3.98. The monoisotopic (exact) mass is 409 g/mol. The zero-order valence-electron chi connectivity index (χ0n) is 16.7. The van der Waals surface area contributed by atoms with Crippen molar-refractivity contribution in [3.63, 3.8) is 0 Å². The molecule has 0 aliphatic heterocycles. The summed E-state index contributed by atoms with van der Waals surface area (Å²) in [6.07, 6.45) is 0. The number of phenols is 2. The van der Waals surface area contributed by atoms with Gasteiger partial charge in [0.15, 0.2) is 0 Å². The van der Waals surface area contributed by atoms with Crippen molar-refractivity contribution in [2.45, 2.75) is 33.0 Å². The van der Waals surface area contributed by atoms with Gasteiger partial charge in [-0.05, 0) is 19.4 Å². The van der Waals surface area contributed by atoms with Crippen LogP contribution in [0, 0.1) is 24.0 Å². The van der Waals surface area contributed by atoms with Crippen molar-refractivity contribution in [2.75, 3.05) is 0 Å². The second kappa shape index (κ2) is 8.52. The van der Waals surface area contributed by atoms with Crippen molar-refractivity contribution in [3.05, 3.63) is 97.6 Å². The molecule has 0 atom stereocenters. The topological polar surface area (TPSA) is 124 Å². The van der Waals surface area contributed by atoms with Gasteiger partial charge in [0.2, 0.25) is 0 Å². The molecule has 156 valence electrons. The number of nitro benzene ring substituents is 1. The normalized spacial score (nSPS) is 11.1. The molecule has 3 aromatic carbocycles. The Hall–Kier alpha value is -3.42. The number of nitro groups is 1. The predicted molar refractivity (Wildman–Crippen MR) is 112 cm³/mol. The lowest BCUT2D eigenvalue weighted by molar-refractivity contribution is -0.384. The molecular formula is C23H23NO6. The molecule has 0 spiro atoms. The highest BCUT2D eigenvalue weighted by Gasteiger charge is 2.26. The molecule has 0 aliphatic carbocycles. The number of aromatic hydroxyl groups is 2. The van der Waals surface area contributed by atoms with E-state index in [4.69, 9.17) is 0 Å². The molecule has 0 fully saturated rings. The Labute approximate surface area is 173 Å². The molecule has 0 heterocycles. The average molecular weight is 409 g/mol. The van der Waals surface area contributed by atoms with E-state index in [0.29, 0.717) is 27.8 Å². The SMILES string of the molecule is Cc1cc(CO)c(O)c(C(c2ccc([N+](=O)[O-])cc2)c2cc(C)cc(CO)c2O)c1. The summed E-state index contributed by atoms with van der Waals surface area (Å²) in [6.45, 7) is 2.92. The van der Waals surface area contributed by atoms with Gasteiger partial charge < -0.3 is 20.4 Å². The molecule has 0 radical (unpaired) electrons. The number of benzene rings is 3. The van der Waals surface area contributed by atoms with Crippen LogP contribution in [0.3, 0.4) is 0 Å². The summed E-state index contributed by atoms with van der Waals surface area (Å²) in [6, 6.07) is 12.7. The molecule has 0 unspecified atom stereocenters. The Kier molecular flexibility index (Phi) is 6.05. The van der Waals surface area contributed by atoms with E-state index in [1.165, 1.54) is 12.1 Å². The average Bonchev–Trinajstić information content (AvgIpc) is 2.72. The van der Waals surface area contributed by atoms with Gasteiger partial charge in [-0.25, -0.2) is 0 Å².